The molecule has 4 N–H and O–H groups in total. The molecule has 2 fully saturated rings. The van der Waals surface area contributed by atoms with Crippen molar-refractivity contribution in [3.8, 4) is 0 Å². The second kappa shape index (κ2) is 9.02. The molecule has 2 aliphatic rings. The maximum absolute atomic E-state index is 15.2. The highest BCUT2D eigenvalue weighted by Crippen LogP contribution is 2.38. The lowest BCUT2D eigenvalue weighted by molar-refractivity contribution is -0.122. The summed E-state index contributed by atoms with van der Waals surface area (Å²) in [7, 11) is 0. The summed E-state index contributed by atoms with van der Waals surface area (Å²) in [5, 5.41) is 12.3. The van der Waals surface area contributed by atoms with E-state index in [1.807, 2.05) is 30.0 Å². The molecule has 1 aliphatic heterocycles. The number of aromatic carboxylic acids is 1. The number of amides is 1. The Morgan fingerprint density at radius 2 is 2.03 bits per heavy atom. The number of carboxylic acid groups (broad SMARTS) is 1. The van der Waals surface area contributed by atoms with Gasteiger partial charge in [-0.1, -0.05) is 37.3 Å². The van der Waals surface area contributed by atoms with E-state index in [0.717, 1.165) is 24.5 Å². The van der Waals surface area contributed by atoms with Gasteiger partial charge in [-0.05, 0) is 30.9 Å². The van der Waals surface area contributed by atoms with Crippen LogP contribution in [0, 0.1) is 11.2 Å². The Bertz CT molecular complexity index is 1400. The average molecular weight is 494 g/mol. The zero-order valence-electron chi connectivity index (χ0n) is 19.9. The topological polar surface area (TPSA) is 131 Å². The summed E-state index contributed by atoms with van der Waals surface area (Å²) < 4.78 is 16.9. The summed E-state index contributed by atoms with van der Waals surface area (Å²) in [6.45, 7) is 3.35. The smallest absolute Gasteiger partial charge is 0.341 e. The molecule has 0 spiro atoms. The maximum Gasteiger partial charge on any atom is 0.341 e. The number of benzene rings is 1. The van der Waals surface area contributed by atoms with Crippen LogP contribution in [0.15, 0.2) is 47.4 Å². The predicted molar refractivity (Wildman–Crippen MR) is 133 cm³/mol. The van der Waals surface area contributed by atoms with Crippen LogP contribution < -0.4 is 21.4 Å². The van der Waals surface area contributed by atoms with Crippen LogP contribution in [0.5, 0.6) is 0 Å². The minimum Gasteiger partial charge on any atom is -0.477 e. The Kier molecular flexibility index (Phi) is 5.99. The molecule has 2 aromatic heterocycles. The first-order valence-electron chi connectivity index (χ1n) is 12.0. The van der Waals surface area contributed by atoms with Gasteiger partial charge in [0.2, 0.25) is 11.3 Å². The highest BCUT2D eigenvalue weighted by atomic mass is 19.1. The van der Waals surface area contributed by atoms with E-state index in [0.29, 0.717) is 31.7 Å². The SMILES string of the molecule is CC1(CNC(=O)C(N)c2ccccc2)CCN(c2nc3c(cc2F)c(=O)c(C(=O)O)cn3C2CC2)C1. The number of nitrogens with zero attached hydrogens (tertiary/aromatic N) is 3. The number of anilines is 1. The third-order valence-electron chi connectivity index (χ3n) is 7.10. The number of pyridine rings is 2. The molecule has 2 atom stereocenters. The van der Waals surface area contributed by atoms with Gasteiger partial charge in [0, 0.05) is 37.3 Å². The van der Waals surface area contributed by atoms with E-state index in [2.05, 4.69) is 10.3 Å². The van der Waals surface area contributed by atoms with Crippen molar-refractivity contribution in [1.82, 2.24) is 14.9 Å². The zero-order chi connectivity index (χ0) is 25.6. The number of carboxylic acids is 1. The molecule has 3 aromatic rings. The number of nitrogens with two attached hydrogens (primary N) is 1. The first-order chi connectivity index (χ1) is 17.2. The van der Waals surface area contributed by atoms with E-state index in [1.165, 1.54) is 6.20 Å². The van der Waals surface area contributed by atoms with Crippen molar-refractivity contribution in [2.24, 2.45) is 11.1 Å². The number of fused-ring (bicyclic) bond motifs is 1. The number of carbonyl (C=O) groups is 2. The van der Waals surface area contributed by atoms with Crippen molar-refractivity contribution in [3.63, 3.8) is 0 Å². The fraction of sp³-hybridized carbons (Fsp3) is 0.385. The maximum atomic E-state index is 15.2. The van der Waals surface area contributed by atoms with E-state index in [4.69, 9.17) is 5.73 Å². The van der Waals surface area contributed by atoms with Gasteiger partial charge in [0.05, 0.1) is 5.39 Å². The van der Waals surface area contributed by atoms with Gasteiger partial charge >= 0.3 is 5.97 Å². The van der Waals surface area contributed by atoms with Gasteiger partial charge in [0.1, 0.15) is 17.3 Å². The monoisotopic (exact) mass is 493 g/mol. The largest absolute Gasteiger partial charge is 0.477 e. The number of hydrogen-bond acceptors (Lipinski definition) is 6. The van der Waals surface area contributed by atoms with Crippen LogP contribution in [0.25, 0.3) is 11.0 Å². The van der Waals surface area contributed by atoms with Crippen molar-refractivity contribution < 1.29 is 19.1 Å². The summed E-state index contributed by atoms with van der Waals surface area (Å²) in [6, 6.07) is 9.49. The highest BCUT2D eigenvalue weighted by Gasteiger charge is 2.37. The average Bonchev–Trinajstić information content (AvgIpc) is 3.64. The number of nitrogens with one attached hydrogen (secondary N) is 1. The molecule has 9 nitrogen and oxygen atoms in total. The summed E-state index contributed by atoms with van der Waals surface area (Å²) in [5.41, 5.74) is 5.65. The van der Waals surface area contributed by atoms with Crippen LogP contribution in [0.4, 0.5) is 10.2 Å². The Morgan fingerprint density at radius 1 is 1.31 bits per heavy atom. The summed E-state index contributed by atoms with van der Waals surface area (Å²) in [6.07, 6.45) is 3.70. The highest BCUT2D eigenvalue weighted by molar-refractivity contribution is 5.92. The summed E-state index contributed by atoms with van der Waals surface area (Å²) in [4.78, 5) is 43.2. The third-order valence-corrected chi connectivity index (χ3v) is 7.10. The third kappa shape index (κ3) is 4.44. The minimum absolute atomic E-state index is 0.0350. The van der Waals surface area contributed by atoms with Crippen LogP contribution in [0.3, 0.4) is 0 Å². The lowest BCUT2D eigenvalue weighted by Crippen LogP contribution is -2.41. The zero-order valence-corrected chi connectivity index (χ0v) is 19.9. The quantitative estimate of drug-likeness (QED) is 0.461. The Labute approximate surface area is 206 Å². The van der Waals surface area contributed by atoms with E-state index in [9.17, 15) is 19.5 Å². The Balaban J connectivity index is 1.37. The van der Waals surface area contributed by atoms with E-state index >= 15 is 4.39 Å². The Morgan fingerprint density at radius 3 is 2.69 bits per heavy atom. The lowest BCUT2D eigenvalue weighted by atomic mass is 9.89. The fourth-order valence-corrected chi connectivity index (χ4v) is 4.81. The molecule has 10 heteroatoms. The first-order valence-corrected chi connectivity index (χ1v) is 12.0. The van der Waals surface area contributed by atoms with Gasteiger partial charge in [-0.15, -0.1) is 0 Å². The van der Waals surface area contributed by atoms with E-state index in [1.54, 1.807) is 16.7 Å². The van der Waals surface area contributed by atoms with Crippen LogP contribution in [0.1, 0.15) is 54.2 Å². The molecule has 2 unspecified atom stereocenters. The van der Waals surface area contributed by atoms with Crippen LogP contribution in [-0.4, -0.2) is 46.2 Å². The van der Waals surface area contributed by atoms with Gasteiger partial charge in [-0.2, -0.15) is 0 Å². The van der Waals surface area contributed by atoms with Gasteiger partial charge in [0.15, 0.2) is 11.6 Å². The molecule has 5 rings (SSSR count). The van der Waals surface area contributed by atoms with Gasteiger partial charge in [-0.3, -0.25) is 9.59 Å². The van der Waals surface area contributed by atoms with Gasteiger partial charge in [-0.25, -0.2) is 14.2 Å². The molecule has 0 radical (unpaired) electrons. The number of aromatic nitrogens is 2. The predicted octanol–water partition coefficient (Wildman–Crippen LogP) is 2.60. The molecule has 36 heavy (non-hydrogen) atoms. The number of rotatable bonds is 7. The second-order valence-electron chi connectivity index (χ2n) is 10.1. The Hall–Kier alpha value is -3.79. The van der Waals surface area contributed by atoms with Crippen molar-refractivity contribution >= 4 is 28.7 Å². The number of hydrogen-bond donors (Lipinski definition) is 3. The molecule has 1 aliphatic carbocycles. The van der Waals surface area contributed by atoms with Gasteiger partial charge < -0.3 is 25.6 Å². The van der Waals surface area contributed by atoms with Crippen LogP contribution >= 0.6 is 0 Å². The minimum atomic E-state index is -1.34. The van der Waals surface area contributed by atoms with Gasteiger partial charge in [0.25, 0.3) is 0 Å². The summed E-state index contributed by atoms with van der Waals surface area (Å²) >= 11 is 0. The van der Waals surface area contributed by atoms with Crippen LogP contribution in [0.2, 0.25) is 0 Å². The first kappa shape index (κ1) is 23.9. The van der Waals surface area contributed by atoms with Crippen molar-refractivity contribution in [3.05, 3.63) is 69.8 Å². The molecule has 188 valence electrons. The molecule has 1 aromatic carbocycles. The number of carbonyl (C=O) groups excluding carboxylic acids is 1. The van der Waals surface area contributed by atoms with E-state index < -0.39 is 23.3 Å². The lowest BCUT2D eigenvalue weighted by Gasteiger charge is -2.26. The molecule has 3 heterocycles. The van der Waals surface area contributed by atoms with Crippen molar-refractivity contribution in [2.75, 3.05) is 24.5 Å². The molecule has 0 bridgehead atoms. The fourth-order valence-electron chi connectivity index (χ4n) is 4.81. The molecule has 1 saturated heterocycles. The molecular weight excluding hydrogens is 465 g/mol. The van der Waals surface area contributed by atoms with Crippen LogP contribution in [-0.2, 0) is 4.79 Å². The molecule has 1 saturated carbocycles. The standard InChI is InChI=1S/C26H28FN5O4/c1-26(13-29-24(34)20(28)15-5-3-2-4-6-15)9-10-31(14-26)23-19(27)11-17-21(33)18(25(35)36)12-32(16-7-8-16)22(17)30-23/h2-6,11-12,16,20H,7-10,13-14,28H2,1H3,(H,29,34)(H,35,36). The number of halogens is 1. The van der Waals surface area contributed by atoms with E-state index in [-0.39, 0.29) is 34.1 Å². The normalized spacial score (nSPS) is 20.5. The molecular formula is C26H28FN5O4. The molecule has 1 amide bonds. The van der Waals surface area contributed by atoms with Crippen molar-refractivity contribution in [2.45, 2.75) is 38.3 Å². The van der Waals surface area contributed by atoms with Crippen molar-refractivity contribution in [1.29, 1.82) is 0 Å². The summed E-state index contributed by atoms with van der Waals surface area (Å²) in [5.74, 6) is -2.18. The second-order valence-corrected chi connectivity index (χ2v) is 10.1.